The normalized spacial score (nSPS) is 17.4. The molecule has 1 aromatic rings. The van der Waals surface area contributed by atoms with Crippen molar-refractivity contribution in [2.75, 3.05) is 13.7 Å². The van der Waals surface area contributed by atoms with Crippen LogP contribution in [-0.4, -0.2) is 34.1 Å². The molecule has 1 saturated carbocycles. The van der Waals surface area contributed by atoms with Crippen molar-refractivity contribution < 1.29 is 17.9 Å². The summed E-state index contributed by atoms with van der Waals surface area (Å²) in [6.07, 6.45) is 4.15. The van der Waals surface area contributed by atoms with E-state index in [2.05, 4.69) is 9.46 Å². The minimum atomic E-state index is -3.83. The number of rotatable bonds is 6. The molecule has 1 aliphatic rings. The molecule has 0 amide bonds. The Morgan fingerprint density at radius 1 is 1.36 bits per heavy atom. The third-order valence-corrected chi connectivity index (χ3v) is 5.66. The third kappa shape index (κ3) is 3.66. The van der Waals surface area contributed by atoms with E-state index in [0.717, 1.165) is 25.7 Å². The highest BCUT2D eigenvalue weighted by atomic mass is 32.2. The molecule has 0 saturated heterocycles. The largest absolute Gasteiger partial charge is 0.465 e. The first-order chi connectivity index (χ1) is 10.5. The van der Waals surface area contributed by atoms with Gasteiger partial charge in [0.05, 0.1) is 17.6 Å². The summed E-state index contributed by atoms with van der Waals surface area (Å²) < 4.78 is 32.6. The van der Waals surface area contributed by atoms with Gasteiger partial charge in [0.2, 0.25) is 10.0 Å². The van der Waals surface area contributed by atoms with Gasteiger partial charge in [-0.25, -0.2) is 17.9 Å². The molecule has 1 atom stereocenters. The van der Waals surface area contributed by atoms with Gasteiger partial charge in [-0.15, -0.1) is 0 Å². The molecule has 7 heteroatoms. The maximum atomic E-state index is 12.6. The molecule has 3 N–H and O–H groups in total. The molecule has 1 aliphatic carbocycles. The van der Waals surface area contributed by atoms with Crippen LogP contribution < -0.4 is 10.5 Å². The Kier molecular flexibility index (Phi) is 5.55. The van der Waals surface area contributed by atoms with E-state index in [1.165, 1.54) is 19.2 Å². The summed E-state index contributed by atoms with van der Waals surface area (Å²) >= 11 is 0. The monoisotopic (exact) mass is 326 g/mol. The molecular formula is C15H22N2O4S. The van der Waals surface area contributed by atoms with Crippen LogP contribution in [0.15, 0.2) is 29.2 Å². The van der Waals surface area contributed by atoms with Crippen LogP contribution in [0.5, 0.6) is 0 Å². The first kappa shape index (κ1) is 16.9. The minimum absolute atomic E-state index is 0.0275. The Bertz CT molecular complexity index is 624. The molecule has 1 unspecified atom stereocenters. The Morgan fingerprint density at radius 3 is 2.59 bits per heavy atom. The first-order valence-electron chi connectivity index (χ1n) is 7.39. The van der Waals surface area contributed by atoms with E-state index in [-0.39, 0.29) is 29.0 Å². The predicted molar refractivity (Wildman–Crippen MR) is 82.9 cm³/mol. The molecule has 22 heavy (non-hydrogen) atoms. The van der Waals surface area contributed by atoms with Crippen molar-refractivity contribution in [2.24, 2.45) is 11.7 Å². The van der Waals surface area contributed by atoms with Crippen molar-refractivity contribution in [3.05, 3.63) is 29.8 Å². The number of nitrogens with one attached hydrogen (secondary N) is 1. The number of esters is 1. The van der Waals surface area contributed by atoms with Crippen molar-refractivity contribution in [2.45, 2.75) is 36.6 Å². The van der Waals surface area contributed by atoms with Crippen molar-refractivity contribution in [3.8, 4) is 0 Å². The molecule has 122 valence electrons. The fourth-order valence-corrected chi connectivity index (χ4v) is 4.45. The minimum Gasteiger partial charge on any atom is -0.465 e. The van der Waals surface area contributed by atoms with Crippen LogP contribution in [-0.2, 0) is 14.8 Å². The molecule has 1 fully saturated rings. The van der Waals surface area contributed by atoms with Gasteiger partial charge in [-0.05, 0) is 30.9 Å². The van der Waals surface area contributed by atoms with E-state index in [9.17, 15) is 13.2 Å². The lowest BCUT2D eigenvalue weighted by molar-refractivity contribution is 0.0596. The molecule has 0 bridgehead atoms. The molecule has 0 radical (unpaired) electrons. The van der Waals surface area contributed by atoms with E-state index in [4.69, 9.17) is 5.73 Å². The zero-order valence-electron chi connectivity index (χ0n) is 12.6. The highest BCUT2D eigenvalue weighted by Gasteiger charge is 2.30. The molecule has 0 heterocycles. The van der Waals surface area contributed by atoms with Gasteiger partial charge in [0.1, 0.15) is 0 Å². The van der Waals surface area contributed by atoms with Crippen LogP contribution in [0.25, 0.3) is 0 Å². The maximum absolute atomic E-state index is 12.6. The lowest BCUT2D eigenvalue weighted by atomic mass is 9.99. The van der Waals surface area contributed by atoms with Crippen LogP contribution >= 0.6 is 0 Å². The lowest BCUT2D eigenvalue weighted by Crippen LogP contribution is -2.44. The average Bonchev–Trinajstić information content (AvgIpc) is 3.06. The molecule has 1 aromatic carbocycles. The average molecular weight is 326 g/mol. The molecule has 6 nitrogen and oxygen atoms in total. The van der Waals surface area contributed by atoms with E-state index < -0.39 is 16.0 Å². The van der Waals surface area contributed by atoms with Crippen LogP contribution in [0.3, 0.4) is 0 Å². The van der Waals surface area contributed by atoms with Crippen LogP contribution in [0, 0.1) is 5.92 Å². The number of carbonyl (C=O) groups is 1. The zero-order valence-corrected chi connectivity index (χ0v) is 13.4. The number of carbonyl (C=O) groups excluding carboxylic acids is 1. The summed E-state index contributed by atoms with van der Waals surface area (Å²) in [4.78, 5) is 11.7. The molecule has 0 aliphatic heterocycles. The number of ether oxygens (including phenoxy) is 1. The van der Waals surface area contributed by atoms with Gasteiger partial charge in [-0.2, -0.15) is 0 Å². The van der Waals surface area contributed by atoms with Gasteiger partial charge in [0.15, 0.2) is 0 Å². The van der Waals surface area contributed by atoms with Crippen molar-refractivity contribution in [1.29, 1.82) is 0 Å². The van der Waals surface area contributed by atoms with Crippen LogP contribution in [0.4, 0.5) is 0 Å². The van der Waals surface area contributed by atoms with Gasteiger partial charge in [0, 0.05) is 12.6 Å². The number of hydrogen-bond acceptors (Lipinski definition) is 5. The maximum Gasteiger partial charge on any atom is 0.339 e. The summed E-state index contributed by atoms with van der Waals surface area (Å²) in [5.41, 5.74) is 5.77. The lowest BCUT2D eigenvalue weighted by Gasteiger charge is -2.23. The van der Waals surface area contributed by atoms with Crippen LogP contribution in [0.2, 0.25) is 0 Å². The Balaban J connectivity index is 2.28. The van der Waals surface area contributed by atoms with E-state index in [1.54, 1.807) is 12.1 Å². The quantitative estimate of drug-likeness (QED) is 0.767. The highest BCUT2D eigenvalue weighted by molar-refractivity contribution is 7.89. The topological polar surface area (TPSA) is 98.5 Å². The van der Waals surface area contributed by atoms with Crippen molar-refractivity contribution >= 4 is 16.0 Å². The summed E-state index contributed by atoms with van der Waals surface area (Å²) in [7, 11) is -2.60. The van der Waals surface area contributed by atoms with Gasteiger partial charge in [-0.3, -0.25) is 0 Å². The van der Waals surface area contributed by atoms with Gasteiger partial charge in [0.25, 0.3) is 0 Å². The van der Waals surface area contributed by atoms with Gasteiger partial charge < -0.3 is 10.5 Å². The molecule has 0 spiro atoms. The Morgan fingerprint density at radius 2 is 2.00 bits per heavy atom. The Labute approximate surface area is 131 Å². The number of methoxy groups -OCH3 is 1. The van der Waals surface area contributed by atoms with E-state index >= 15 is 0 Å². The summed E-state index contributed by atoms with van der Waals surface area (Å²) in [6.45, 7) is 0.240. The number of benzene rings is 1. The second kappa shape index (κ2) is 7.21. The summed E-state index contributed by atoms with van der Waals surface area (Å²) in [5, 5.41) is 0. The highest BCUT2D eigenvalue weighted by Crippen LogP contribution is 2.28. The van der Waals surface area contributed by atoms with Crippen LogP contribution in [0.1, 0.15) is 36.0 Å². The first-order valence-corrected chi connectivity index (χ1v) is 8.87. The second-order valence-corrected chi connectivity index (χ2v) is 7.18. The number of hydrogen-bond donors (Lipinski definition) is 2. The smallest absolute Gasteiger partial charge is 0.339 e. The molecule has 2 rings (SSSR count). The van der Waals surface area contributed by atoms with Crippen molar-refractivity contribution in [1.82, 2.24) is 4.72 Å². The molecule has 0 aromatic heterocycles. The Hall–Kier alpha value is -1.44. The van der Waals surface area contributed by atoms with Gasteiger partial charge >= 0.3 is 5.97 Å². The van der Waals surface area contributed by atoms with Gasteiger partial charge in [-0.1, -0.05) is 25.0 Å². The fraction of sp³-hybridized carbons (Fsp3) is 0.533. The standard InChI is InChI=1S/C15H22N2O4S/c1-21-15(18)12-8-4-5-9-14(12)22(19,20)17-13(10-16)11-6-2-3-7-11/h4-5,8-9,11,13,17H,2-3,6-7,10,16H2,1H3. The number of sulfonamides is 1. The van der Waals surface area contributed by atoms with E-state index in [0.29, 0.717) is 0 Å². The summed E-state index contributed by atoms with van der Waals surface area (Å²) in [5.74, 6) is -0.420. The second-order valence-electron chi connectivity index (χ2n) is 5.50. The molecular weight excluding hydrogens is 304 g/mol. The van der Waals surface area contributed by atoms with E-state index in [1.807, 2.05) is 0 Å². The predicted octanol–water partition coefficient (Wildman–Crippen LogP) is 1.27. The number of nitrogens with two attached hydrogens (primary N) is 1. The zero-order chi connectivity index (χ0) is 16.2. The van der Waals surface area contributed by atoms with Crippen molar-refractivity contribution in [3.63, 3.8) is 0 Å². The fourth-order valence-electron chi connectivity index (χ4n) is 2.94. The SMILES string of the molecule is COC(=O)c1ccccc1S(=O)(=O)NC(CN)C1CCCC1. The third-order valence-electron chi connectivity index (χ3n) is 4.11. The summed E-state index contributed by atoms with van der Waals surface area (Å²) in [6, 6.07) is 5.71.